The average Bonchev–Trinajstić information content (AvgIpc) is 4.06. The number of aliphatic hydroxyl groups is 5. The van der Waals surface area contributed by atoms with Crippen molar-refractivity contribution in [1.82, 2.24) is 9.88 Å². The van der Waals surface area contributed by atoms with Gasteiger partial charge in [-0.05, 0) is 79.3 Å². The number of aliphatic hydroxyl groups excluding tert-OH is 5. The first-order valence-electron chi connectivity index (χ1n) is 16.7. The lowest BCUT2D eigenvalue weighted by Crippen LogP contribution is -2.51. The molecule has 270 valence electrons. The van der Waals surface area contributed by atoms with Crippen LogP contribution in [0.2, 0.25) is 5.02 Å². The number of primary amides is 1. The molecule has 2 saturated carbocycles. The van der Waals surface area contributed by atoms with Crippen molar-refractivity contribution in [3.63, 3.8) is 0 Å². The molecule has 4 atom stereocenters. The zero-order valence-corrected chi connectivity index (χ0v) is 29.1. The maximum absolute atomic E-state index is 12.9. The van der Waals surface area contributed by atoms with Crippen LogP contribution < -0.4 is 10.5 Å². The molecule has 0 bridgehead atoms. The minimum absolute atomic E-state index is 0.0270. The molecule has 50 heavy (non-hydrogen) atoms. The first kappa shape index (κ1) is 38.0. The number of hydrogen-bond donors (Lipinski definition) is 6. The molecule has 3 aromatic rings. The van der Waals surface area contributed by atoms with Crippen molar-refractivity contribution < 1.29 is 44.6 Å². The lowest BCUT2D eigenvalue weighted by atomic mass is 9.96. The van der Waals surface area contributed by atoms with Crippen molar-refractivity contribution >= 4 is 35.2 Å². The van der Waals surface area contributed by atoms with E-state index in [4.69, 9.17) is 31.9 Å². The predicted octanol–water partition coefficient (Wildman–Crippen LogP) is 2.77. The first-order chi connectivity index (χ1) is 24.0. The van der Waals surface area contributed by atoms with Gasteiger partial charge in [-0.25, -0.2) is 0 Å². The highest BCUT2D eigenvalue weighted by molar-refractivity contribution is 7.99. The van der Waals surface area contributed by atoms with Gasteiger partial charge in [0.1, 0.15) is 30.2 Å². The van der Waals surface area contributed by atoms with E-state index in [9.17, 15) is 30.0 Å². The number of ether oxygens (including phenoxy) is 2. The van der Waals surface area contributed by atoms with Crippen LogP contribution in [0.3, 0.4) is 0 Å². The Balaban J connectivity index is 1.16. The smallest absolute Gasteiger partial charge is 0.237 e. The van der Waals surface area contributed by atoms with Crippen LogP contribution in [0.5, 0.6) is 5.75 Å². The summed E-state index contributed by atoms with van der Waals surface area (Å²) in [7, 11) is 0. The first-order valence-corrected chi connectivity index (χ1v) is 18.0. The lowest BCUT2D eigenvalue weighted by molar-refractivity contribution is -0.142. The van der Waals surface area contributed by atoms with Crippen LogP contribution in [0.4, 0.5) is 0 Å². The maximum atomic E-state index is 12.9. The van der Waals surface area contributed by atoms with E-state index in [1.165, 1.54) is 11.8 Å². The zero-order valence-electron chi connectivity index (χ0n) is 27.6. The molecule has 2 fully saturated rings. The van der Waals surface area contributed by atoms with Gasteiger partial charge in [0.15, 0.2) is 0 Å². The Kier molecular flexibility index (Phi) is 13.1. The second-order valence-corrected chi connectivity index (χ2v) is 14.3. The Hall–Kier alpha value is -3.27. The summed E-state index contributed by atoms with van der Waals surface area (Å²) in [6.45, 7) is -1.56. The van der Waals surface area contributed by atoms with E-state index < -0.39 is 61.5 Å². The molecule has 14 heteroatoms. The molecule has 0 saturated heterocycles. The third-order valence-corrected chi connectivity index (χ3v) is 10.2. The molecule has 7 N–H and O–H groups in total. The molecule has 12 nitrogen and oxygen atoms in total. The average molecular weight is 730 g/mol. The second kappa shape index (κ2) is 17.3. The number of halogens is 1. The minimum Gasteiger partial charge on any atom is -0.490 e. The molecule has 2 amide bonds. The number of para-hydroxylation sites is 1. The predicted molar refractivity (Wildman–Crippen MR) is 187 cm³/mol. The van der Waals surface area contributed by atoms with E-state index >= 15 is 0 Å². The largest absolute Gasteiger partial charge is 0.490 e. The number of aromatic nitrogens is 1. The van der Waals surface area contributed by atoms with Gasteiger partial charge in [-0.3, -0.25) is 14.6 Å². The summed E-state index contributed by atoms with van der Waals surface area (Å²) >= 11 is 8.12. The van der Waals surface area contributed by atoms with Crippen molar-refractivity contribution in [3.8, 4) is 16.9 Å². The van der Waals surface area contributed by atoms with Crippen LogP contribution in [-0.4, -0.2) is 103 Å². The third kappa shape index (κ3) is 9.95. The topological polar surface area (TPSA) is 196 Å². The minimum atomic E-state index is -1.87. The second-order valence-electron chi connectivity index (χ2n) is 12.8. The summed E-state index contributed by atoms with van der Waals surface area (Å²) in [4.78, 5) is 30.9. The Morgan fingerprint density at radius 2 is 1.78 bits per heavy atom. The Labute approximate surface area is 300 Å². The summed E-state index contributed by atoms with van der Waals surface area (Å²) in [5.74, 6) is 0.112. The van der Waals surface area contributed by atoms with Crippen molar-refractivity contribution in [1.29, 1.82) is 0 Å². The van der Waals surface area contributed by atoms with Gasteiger partial charge in [0.2, 0.25) is 11.8 Å². The third-order valence-electron chi connectivity index (χ3n) is 8.77. The molecular formula is C36H44ClN3O9S. The van der Waals surface area contributed by atoms with E-state index in [2.05, 4.69) is 11.1 Å². The number of carbonyl (C=O) groups excluding carboxylic acids is 2. The fourth-order valence-electron chi connectivity index (χ4n) is 5.63. The van der Waals surface area contributed by atoms with E-state index in [0.717, 1.165) is 63.5 Å². The molecule has 0 unspecified atom stereocenters. The number of hydrogen-bond acceptors (Lipinski definition) is 11. The van der Waals surface area contributed by atoms with Crippen molar-refractivity contribution in [3.05, 3.63) is 77.1 Å². The zero-order chi connectivity index (χ0) is 35.8. The van der Waals surface area contributed by atoms with Gasteiger partial charge in [-0.1, -0.05) is 29.8 Å². The van der Waals surface area contributed by atoms with Gasteiger partial charge in [-0.15, -0.1) is 11.8 Å². The normalized spacial score (nSPS) is 17.4. The Morgan fingerprint density at radius 1 is 1.04 bits per heavy atom. The van der Waals surface area contributed by atoms with Crippen molar-refractivity contribution in [2.24, 2.45) is 5.73 Å². The number of carbonyl (C=O) groups is 2. The standard InChI is InChI=1S/C36H44ClN3O9S/c37-28-10-9-24(50-15-3-6-33(45)40(19-32(38)44)18-29(42)34(46)35(47)30(43)20-41)16-22(28)21-48-36(12-13-36)27-17-39-14-11-25(27)26-4-1-2-5-31(26)49-23-7-8-23/h1-2,4-5,9-11,14,16-17,23,29-30,34-35,41-43,46-47H,3,6-8,12-13,15,18-21H2,(H2,38,44)/t29-,30+,34+,35+/m0/s1. The SMILES string of the molecule is NC(=O)CN(C[C@H](O)[C@@H](O)[C@H](O)[C@H](O)CO)C(=O)CCCSc1ccc(Cl)c(COC2(c3cnccc3-c3ccccc3OC3CC3)CC2)c1. The molecule has 2 aliphatic rings. The highest BCUT2D eigenvalue weighted by atomic mass is 35.5. The van der Waals surface area contributed by atoms with E-state index in [1.54, 1.807) is 6.20 Å². The fraction of sp³-hybridized carbons (Fsp3) is 0.472. The van der Waals surface area contributed by atoms with Gasteiger partial charge in [0.25, 0.3) is 0 Å². The van der Waals surface area contributed by atoms with E-state index in [0.29, 0.717) is 23.8 Å². The van der Waals surface area contributed by atoms with Gasteiger partial charge < -0.3 is 45.6 Å². The van der Waals surface area contributed by atoms with Gasteiger partial charge in [0.05, 0.1) is 31.5 Å². The van der Waals surface area contributed by atoms with Crippen LogP contribution in [0, 0.1) is 0 Å². The van der Waals surface area contributed by atoms with Gasteiger partial charge in [-0.2, -0.15) is 0 Å². The summed E-state index contributed by atoms with van der Waals surface area (Å²) < 4.78 is 12.8. The van der Waals surface area contributed by atoms with Crippen molar-refractivity contribution in [2.75, 3.05) is 25.4 Å². The maximum Gasteiger partial charge on any atom is 0.237 e. The summed E-state index contributed by atoms with van der Waals surface area (Å²) in [5, 5.41) is 49.4. The number of amides is 2. The molecule has 1 heterocycles. The number of rotatable bonds is 20. The van der Waals surface area contributed by atoms with Gasteiger partial charge >= 0.3 is 0 Å². The Bertz CT molecular complexity index is 1620. The molecule has 5 rings (SSSR count). The van der Waals surface area contributed by atoms with Crippen LogP contribution in [-0.2, 0) is 26.5 Å². The van der Waals surface area contributed by atoms with E-state index in [-0.39, 0.29) is 12.5 Å². The van der Waals surface area contributed by atoms with Gasteiger partial charge in [0, 0.05) is 46.4 Å². The van der Waals surface area contributed by atoms with Crippen LogP contribution in [0.1, 0.15) is 49.7 Å². The number of benzene rings is 2. The molecule has 0 spiro atoms. The highest BCUT2D eigenvalue weighted by Gasteiger charge is 2.48. The van der Waals surface area contributed by atoms with Crippen molar-refractivity contribution in [2.45, 2.75) is 86.1 Å². The lowest BCUT2D eigenvalue weighted by Gasteiger charge is -2.30. The highest BCUT2D eigenvalue weighted by Crippen LogP contribution is 2.53. The molecular weight excluding hydrogens is 686 g/mol. The fourth-order valence-corrected chi connectivity index (χ4v) is 6.72. The number of nitrogens with two attached hydrogens (primary N) is 1. The van der Waals surface area contributed by atoms with Crippen LogP contribution >= 0.6 is 23.4 Å². The quantitative estimate of drug-likeness (QED) is 0.0739. The Morgan fingerprint density at radius 3 is 2.48 bits per heavy atom. The summed E-state index contributed by atoms with van der Waals surface area (Å²) in [6.07, 6.45) is 1.11. The van der Waals surface area contributed by atoms with Crippen LogP contribution in [0.15, 0.2) is 65.8 Å². The number of thioether (sulfide) groups is 1. The molecule has 2 aliphatic carbocycles. The molecule has 0 radical (unpaired) electrons. The van der Waals surface area contributed by atoms with E-state index in [1.807, 2.05) is 48.7 Å². The molecule has 1 aromatic heterocycles. The molecule has 0 aliphatic heterocycles. The number of nitrogens with zero attached hydrogens (tertiary/aromatic N) is 2. The summed E-state index contributed by atoms with van der Waals surface area (Å²) in [5.41, 5.74) is 8.70. The number of pyridine rings is 1. The summed E-state index contributed by atoms with van der Waals surface area (Å²) in [6, 6.07) is 15.8. The monoisotopic (exact) mass is 729 g/mol. The van der Waals surface area contributed by atoms with Crippen LogP contribution in [0.25, 0.3) is 11.1 Å². The molecule has 2 aromatic carbocycles.